The minimum absolute atomic E-state index is 0.0142. The lowest BCUT2D eigenvalue weighted by Crippen LogP contribution is -2.69. The zero-order valence-corrected chi connectivity index (χ0v) is 14.5. The van der Waals surface area contributed by atoms with Gasteiger partial charge in [-0.1, -0.05) is 23.7 Å². The minimum atomic E-state index is -1.16. The first-order valence-electron chi connectivity index (χ1n) is 7.51. The fourth-order valence-electron chi connectivity index (χ4n) is 3.01. The van der Waals surface area contributed by atoms with Gasteiger partial charge >= 0.3 is 5.97 Å². The molecule has 130 valence electrons. The number of carbonyl (C=O) groups excluding carboxylic acids is 4. The van der Waals surface area contributed by atoms with Crippen molar-refractivity contribution in [3.63, 3.8) is 0 Å². The Labute approximate surface area is 148 Å². The number of allylic oxidation sites excluding steroid dienone is 1. The summed E-state index contributed by atoms with van der Waals surface area (Å²) in [5, 5.41) is 0. The maximum absolute atomic E-state index is 12.6. The molecule has 0 spiro atoms. The second kappa shape index (κ2) is 6.00. The smallest absolute Gasteiger partial charge is 0.354 e. The SMILES string of the molecule is COC(=O)C(=C(C)C)N1C(=O)[C@H](N2C(=O)c3ccccc3C2=O)[C@H]1Cl. The van der Waals surface area contributed by atoms with Crippen LogP contribution in [0.15, 0.2) is 35.5 Å². The van der Waals surface area contributed by atoms with Crippen LogP contribution >= 0.6 is 11.6 Å². The predicted molar refractivity (Wildman–Crippen MR) is 87.6 cm³/mol. The monoisotopic (exact) mass is 362 g/mol. The van der Waals surface area contributed by atoms with Crippen LogP contribution in [0.3, 0.4) is 0 Å². The molecule has 3 amide bonds. The standard InChI is InChI=1S/C17H15ClN2O5/c1-8(2)11(17(24)25-3)19-13(18)12(16(19)23)20-14(21)9-6-4-5-7-10(9)15(20)22/h4-7,12-13H,1-3H3/t12-,13+/m1/s1. The van der Waals surface area contributed by atoms with Crippen LogP contribution in [0, 0.1) is 0 Å². The van der Waals surface area contributed by atoms with Crippen molar-refractivity contribution in [3.05, 3.63) is 46.7 Å². The number of likely N-dealkylation sites (tertiary alicyclic amines) is 1. The number of hydrogen-bond donors (Lipinski definition) is 0. The van der Waals surface area contributed by atoms with Crippen molar-refractivity contribution in [1.29, 1.82) is 0 Å². The van der Waals surface area contributed by atoms with Crippen LogP contribution < -0.4 is 0 Å². The maximum atomic E-state index is 12.6. The van der Waals surface area contributed by atoms with E-state index in [1.807, 2.05) is 0 Å². The predicted octanol–water partition coefficient (Wildman–Crippen LogP) is 1.53. The molecule has 2 aliphatic rings. The number of alkyl halides is 1. The molecule has 0 N–H and O–H groups in total. The second-order valence-corrected chi connectivity index (χ2v) is 6.34. The van der Waals surface area contributed by atoms with Gasteiger partial charge in [-0.05, 0) is 31.6 Å². The van der Waals surface area contributed by atoms with Gasteiger partial charge < -0.3 is 4.74 Å². The van der Waals surface area contributed by atoms with Gasteiger partial charge in [-0.3, -0.25) is 24.2 Å². The highest BCUT2D eigenvalue weighted by Gasteiger charge is 2.57. The third-order valence-corrected chi connectivity index (χ3v) is 4.63. The molecule has 7 nitrogen and oxygen atoms in total. The number of esters is 1. The third kappa shape index (κ3) is 2.34. The Hall–Kier alpha value is -2.67. The number of amides is 3. The number of β-lactam (4-membered cyclic amide) rings is 1. The zero-order valence-electron chi connectivity index (χ0n) is 13.8. The van der Waals surface area contributed by atoms with E-state index >= 15 is 0 Å². The summed E-state index contributed by atoms with van der Waals surface area (Å²) in [4.78, 5) is 51.5. The Kier molecular flexibility index (Phi) is 4.12. The molecule has 8 heteroatoms. The van der Waals surface area contributed by atoms with Crippen LogP contribution in [-0.4, -0.2) is 52.1 Å². The van der Waals surface area contributed by atoms with Gasteiger partial charge in [0.05, 0.1) is 18.2 Å². The van der Waals surface area contributed by atoms with Gasteiger partial charge in [-0.25, -0.2) is 4.79 Å². The van der Waals surface area contributed by atoms with E-state index in [1.165, 1.54) is 19.2 Å². The van der Waals surface area contributed by atoms with E-state index in [4.69, 9.17) is 11.6 Å². The maximum Gasteiger partial charge on any atom is 0.354 e. The van der Waals surface area contributed by atoms with E-state index in [0.29, 0.717) is 5.57 Å². The first-order chi connectivity index (χ1) is 11.8. The fraction of sp³-hybridized carbons (Fsp3) is 0.294. The first-order valence-corrected chi connectivity index (χ1v) is 7.94. The molecule has 1 saturated heterocycles. The van der Waals surface area contributed by atoms with Crippen molar-refractivity contribution in [1.82, 2.24) is 9.80 Å². The summed E-state index contributed by atoms with van der Waals surface area (Å²) in [6, 6.07) is 5.16. The highest BCUT2D eigenvalue weighted by atomic mass is 35.5. The Balaban J connectivity index is 1.92. The van der Waals surface area contributed by atoms with Crippen molar-refractivity contribution >= 4 is 35.3 Å². The van der Waals surface area contributed by atoms with E-state index in [1.54, 1.807) is 26.0 Å². The van der Waals surface area contributed by atoms with Crippen LogP contribution in [0.4, 0.5) is 0 Å². The molecule has 1 aromatic rings. The van der Waals surface area contributed by atoms with E-state index in [0.717, 1.165) is 9.80 Å². The number of rotatable bonds is 3. The van der Waals surface area contributed by atoms with Crippen LogP contribution in [0.5, 0.6) is 0 Å². The number of fused-ring (bicyclic) bond motifs is 1. The van der Waals surface area contributed by atoms with Gasteiger partial charge in [0.25, 0.3) is 17.7 Å². The highest BCUT2D eigenvalue weighted by Crippen LogP contribution is 2.37. The van der Waals surface area contributed by atoms with Crippen molar-refractivity contribution in [2.45, 2.75) is 25.4 Å². The average Bonchev–Trinajstić information content (AvgIpc) is 2.84. The molecule has 25 heavy (non-hydrogen) atoms. The number of nitrogens with zero attached hydrogens (tertiary/aromatic N) is 2. The summed E-state index contributed by atoms with van der Waals surface area (Å²) < 4.78 is 4.68. The molecule has 0 radical (unpaired) electrons. The minimum Gasteiger partial charge on any atom is -0.464 e. The number of carbonyl (C=O) groups is 4. The Bertz CT molecular complexity index is 808. The number of hydrogen-bond acceptors (Lipinski definition) is 5. The van der Waals surface area contributed by atoms with Crippen molar-refractivity contribution < 1.29 is 23.9 Å². The quantitative estimate of drug-likeness (QED) is 0.203. The lowest BCUT2D eigenvalue weighted by molar-refractivity contribution is -0.153. The molecular formula is C17H15ClN2O5. The van der Waals surface area contributed by atoms with E-state index in [9.17, 15) is 19.2 Å². The van der Waals surface area contributed by atoms with E-state index in [-0.39, 0.29) is 16.8 Å². The molecule has 3 rings (SSSR count). The Morgan fingerprint density at radius 1 is 1.08 bits per heavy atom. The Morgan fingerprint density at radius 3 is 2.00 bits per heavy atom. The molecule has 0 aliphatic carbocycles. The highest BCUT2D eigenvalue weighted by molar-refractivity contribution is 6.30. The number of halogens is 1. The summed E-state index contributed by atoms with van der Waals surface area (Å²) in [5.74, 6) is -2.45. The largest absolute Gasteiger partial charge is 0.464 e. The third-order valence-electron chi connectivity index (χ3n) is 4.19. The van der Waals surface area contributed by atoms with Gasteiger partial charge in [0.1, 0.15) is 11.2 Å². The van der Waals surface area contributed by atoms with E-state index in [2.05, 4.69) is 4.74 Å². The van der Waals surface area contributed by atoms with Gasteiger partial charge in [0, 0.05) is 0 Å². The van der Waals surface area contributed by atoms with Crippen LogP contribution in [0.1, 0.15) is 34.6 Å². The van der Waals surface area contributed by atoms with Gasteiger partial charge in [0.2, 0.25) is 0 Å². The molecule has 0 aromatic heterocycles. The molecule has 1 aromatic carbocycles. The summed E-state index contributed by atoms with van der Waals surface area (Å²) in [5.41, 5.74) is -0.0261. The fourth-order valence-corrected chi connectivity index (χ4v) is 3.42. The summed E-state index contributed by atoms with van der Waals surface area (Å²) in [6.07, 6.45) is 0. The van der Waals surface area contributed by atoms with Crippen molar-refractivity contribution in [2.75, 3.05) is 7.11 Å². The molecule has 0 unspecified atom stereocenters. The molecule has 2 heterocycles. The molecule has 2 atom stereocenters. The summed E-state index contributed by atoms with van der Waals surface area (Å²) in [7, 11) is 1.19. The molecular weight excluding hydrogens is 348 g/mol. The van der Waals surface area contributed by atoms with Crippen LogP contribution in [0.2, 0.25) is 0 Å². The zero-order chi connectivity index (χ0) is 18.5. The molecule has 0 saturated carbocycles. The van der Waals surface area contributed by atoms with Crippen LogP contribution in [-0.2, 0) is 14.3 Å². The number of benzene rings is 1. The number of methoxy groups -OCH3 is 1. The molecule has 0 bridgehead atoms. The second-order valence-electron chi connectivity index (χ2n) is 5.89. The van der Waals surface area contributed by atoms with E-state index < -0.39 is 35.2 Å². The molecule has 2 aliphatic heterocycles. The lowest BCUT2D eigenvalue weighted by atomic mass is 10.0. The topological polar surface area (TPSA) is 84.0 Å². The summed E-state index contributed by atoms with van der Waals surface area (Å²) in [6.45, 7) is 3.27. The van der Waals surface area contributed by atoms with Crippen LogP contribution in [0.25, 0.3) is 0 Å². The average molecular weight is 363 g/mol. The summed E-state index contributed by atoms with van der Waals surface area (Å²) >= 11 is 6.29. The van der Waals surface area contributed by atoms with Gasteiger partial charge in [-0.2, -0.15) is 0 Å². The van der Waals surface area contributed by atoms with Crippen molar-refractivity contribution in [3.8, 4) is 0 Å². The number of ether oxygens (including phenoxy) is 1. The van der Waals surface area contributed by atoms with Gasteiger partial charge in [-0.15, -0.1) is 0 Å². The first kappa shape index (κ1) is 17.2. The van der Waals surface area contributed by atoms with Gasteiger partial charge in [0.15, 0.2) is 6.04 Å². The van der Waals surface area contributed by atoms with Crippen molar-refractivity contribution in [2.24, 2.45) is 0 Å². The normalized spacial score (nSPS) is 21.8. The Morgan fingerprint density at radius 2 is 1.60 bits per heavy atom. The molecule has 1 fully saturated rings. The number of imide groups is 1. The lowest BCUT2D eigenvalue weighted by Gasteiger charge is -2.46.